The average Bonchev–Trinajstić information content (AvgIpc) is 2.46. The first kappa shape index (κ1) is 14.2. The zero-order chi connectivity index (χ0) is 14.5. The van der Waals surface area contributed by atoms with Crippen molar-refractivity contribution in [2.75, 3.05) is 18.1 Å². The summed E-state index contributed by atoms with van der Waals surface area (Å²) in [6.45, 7) is 2.26. The molecule has 0 amide bonds. The van der Waals surface area contributed by atoms with Gasteiger partial charge in [-0.25, -0.2) is 0 Å². The molecule has 2 aromatic rings. The Hall–Kier alpha value is -2.20. The summed E-state index contributed by atoms with van der Waals surface area (Å²) < 4.78 is 0. The quantitative estimate of drug-likeness (QED) is 0.783. The number of rotatable bonds is 5. The first-order chi connectivity index (χ1) is 9.65. The number of hydrogen-bond donors (Lipinski definition) is 3. The van der Waals surface area contributed by atoms with Crippen molar-refractivity contribution in [3.05, 3.63) is 54.1 Å². The van der Waals surface area contributed by atoms with Crippen LogP contribution in [-0.4, -0.2) is 28.5 Å². The van der Waals surface area contributed by atoms with Crippen LogP contribution in [0.2, 0.25) is 0 Å². The highest BCUT2D eigenvalue weighted by Gasteiger charge is 2.20. The summed E-state index contributed by atoms with van der Waals surface area (Å²) >= 11 is 0. The Labute approximate surface area is 118 Å². The molecule has 0 aliphatic carbocycles. The molecule has 3 N–H and O–H groups in total. The van der Waals surface area contributed by atoms with Gasteiger partial charge in [-0.2, -0.15) is 0 Å². The molecule has 2 rings (SSSR count). The minimum absolute atomic E-state index is 0.0354. The predicted octanol–water partition coefficient (Wildman–Crippen LogP) is 2.66. The van der Waals surface area contributed by atoms with Crippen LogP contribution in [-0.2, 0) is 0 Å². The second kappa shape index (κ2) is 6.30. The van der Waals surface area contributed by atoms with Gasteiger partial charge in [-0.1, -0.05) is 30.3 Å². The highest BCUT2D eigenvalue weighted by Crippen LogP contribution is 2.35. The van der Waals surface area contributed by atoms with Crippen LogP contribution in [0.5, 0.6) is 11.5 Å². The van der Waals surface area contributed by atoms with E-state index in [0.717, 1.165) is 5.56 Å². The van der Waals surface area contributed by atoms with Crippen molar-refractivity contribution in [1.82, 2.24) is 0 Å². The maximum absolute atomic E-state index is 9.99. The van der Waals surface area contributed by atoms with Gasteiger partial charge in [0, 0.05) is 12.1 Å². The molecule has 0 radical (unpaired) electrons. The standard InChI is InChI=1S/C16H19NO3/c1-12(13-6-2-4-8-15(13)19)17(10-11-18)14-7-3-5-9-16(14)20/h2-9,12,18-20H,10-11H2,1H3. The second-order valence-corrected chi connectivity index (χ2v) is 4.64. The molecule has 0 aliphatic rings. The highest BCUT2D eigenvalue weighted by atomic mass is 16.3. The maximum atomic E-state index is 9.99. The largest absolute Gasteiger partial charge is 0.508 e. The molecule has 2 aromatic carbocycles. The van der Waals surface area contributed by atoms with Gasteiger partial charge in [0.25, 0.3) is 0 Å². The van der Waals surface area contributed by atoms with Crippen molar-refractivity contribution in [3.8, 4) is 11.5 Å². The van der Waals surface area contributed by atoms with Gasteiger partial charge in [-0.05, 0) is 25.1 Å². The Bertz CT molecular complexity index is 571. The van der Waals surface area contributed by atoms with E-state index in [-0.39, 0.29) is 24.1 Å². The lowest BCUT2D eigenvalue weighted by molar-refractivity contribution is 0.297. The van der Waals surface area contributed by atoms with Crippen LogP contribution < -0.4 is 4.90 Å². The molecule has 1 atom stereocenters. The van der Waals surface area contributed by atoms with Gasteiger partial charge < -0.3 is 20.2 Å². The number of nitrogens with zero attached hydrogens (tertiary/aromatic N) is 1. The molecule has 20 heavy (non-hydrogen) atoms. The molecule has 1 unspecified atom stereocenters. The van der Waals surface area contributed by atoms with Crippen LogP contribution in [0.25, 0.3) is 0 Å². The lowest BCUT2D eigenvalue weighted by Crippen LogP contribution is -2.29. The van der Waals surface area contributed by atoms with E-state index >= 15 is 0 Å². The van der Waals surface area contributed by atoms with E-state index in [0.29, 0.717) is 12.2 Å². The molecule has 0 aromatic heterocycles. The summed E-state index contributed by atoms with van der Waals surface area (Å²) in [4.78, 5) is 1.87. The van der Waals surface area contributed by atoms with Gasteiger partial charge in [-0.15, -0.1) is 0 Å². The van der Waals surface area contributed by atoms with Crippen LogP contribution in [0, 0.1) is 0 Å². The Kier molecular flexibility index (Phi) is 4.48. The number of aliphatic hydroxyl groups is 1. The van der Waals surface area contributed by atoms with Gasteiger partial charge in [-0.3, -0.25) is 0 Å². The Balaban J connectivity index is 2.39. The Morgan fingerprint density at radius 3 is 2.15 bits per heavy atom. The maximum Gasteiger partial charge on any atom is 0.138 e. The first-order valence-electron chi connectivity index (χ1n) is 6.58. The zero-order valence-electron chi connectivity index (χ0n) is 11.4. The van der Waals surface area contributed by atoms with E-state index in [1.807, 2.05) is 30.0 Å². The lowest BCUT2D eigenvalue weighted by Gasteiger charge is -2.31. The van der Waals surface area contributed by atoms with E-state index in [2.05, 4.69) is 0 Å². The molecule has 0 saturated carbocycles. The fourth-order valence-corrected chi connectivity index (χ4v) is 2.35. The third-order valence-corrected chi connectivity index (χ3v) is 3.39. The number of para-hydroxylation sites is 3. The Morgan fingerprint density at radius 2 is 1.55 bits per heavy atom. The summed E-state index contributed by atoms with van der Waals surface area (Å²) in [6.07, 6.45) is 0. The minimum atomic E-state index is -0.170. The smallest absolute Gasteiger partial charge is 0.138 e. The topological polar surface area (TPSA) is 63.9 Å². The van der Waals surface area contributed by atoms with Gasteiger partial charge >= 0.3 is 0 Å². The summed E-state index contributed by atoms with van der Waals surface area (Å²) in [5.74, 6) is 0.363. The number of phenolic OH excluding ortho intramolecular Hbond substituents is 2. The molecule has 0 aliphatic heterocycles. The van der Waals surface area contributed by atoms with Crippen molar-refractivity contribution in [2.45, 2.75) is 13.0 Å². The summed E-state index contributed by atoms with van der Waals surface area (Å²) in [5.41, 5.74) is 1.39. The third-order valence-electron chi connectivity index (χ3n) is 3.39. The fourth-order valence-electron chi connectivity index (χ4n) is 2.35. The van der Waals surface area contributed by atoms with E-state index in [4.69, 9.17) is 0 Å². The van der Waals surface area contributed by atoms with Crippen LogP contribution in [0.15, 0.2) is 48.5 Å². The zero-order valence-corrected chi connectivity index (χ0v) is 11.4. The average molecular weight is 273 g/mol. The van der Waals surface area contributed by atoms with Gasteiger partial charge in [0.1, 0.15) is 11.5 Å². The monoisotopic (exact) mass is 273 g/mol. The molecule has 0 spiro atoms. The van der Waals surface area contributed by atoms with Crippen molar-refractivity contribution < 1.29 is 15.3 Å². The molecule has 0 saturated heterocycles. The SMILES string of the molecule is CC(c1ccccc1O)N(CCO)c1ccccc1O. The van der Waals surface area contributed by atoms with Crippen molar-refractivity contribution in [3.63, 3.8) is 0 Å². The number of aromatic hydroxyl groups is 2. The first-order valence-corrected chi connectivity index (χ1v) is 6.58. The number of anilines is 1. The van der Waals surface area contributed by atoms with Crippen LogP contribution >= 0.6 is 0 Å². The fraction of sp³-hybridized carbons (Fsp3) is 0.250. The molecular formula is C16H19NO3. The minimum Gasteiger partial charge on any atom is -0.508 e. The molecule has 0 heterocycles. The summed E-state index contributed by atoms with van der Waals surface area (Å²) in [7, 11) is 0. The van der Waals surface area contributed by atoms with Gasteiger partial charge in [0.05, 0.1) is 18.3 Å². The van der Waals surface area contributed by atoms with Crippen LogP contribution in [0.1, 0.15) is 18.5 Å². The molecule has 106 valence electrons. The van der Waals surface area contributed by atoms with Crippen molar-refractivity contribution >= 4 is 5.69 Å². The highest BCUT2D eigenvalue weighted by molar-refractivity contribution is 5.59. The van der Waals surface area contributed by atoms with Crippen molar-refractivity contribution in [2.24, 2.45) is 0 Å². The lowest BCUT2D eigenvalue weighted by atomic mass is 10.0. The van der Waals surface area contributed by atoms with E-state index < -0.39 is 0 Å². The van der Waals surface area contributed by atoms with Crippen LogP contribution in [0.3, 0.4) is 0 Å². The van der Waals surface area contributed by atoms with E-state index in [1.165, 1.54) is 0 Å². The van der Waals surface area contributed by atoms with E-state index in [9.17, 15) is 15.3 Å². The van der Waals surface area contributed by atoms with E-state index in [1.54, 1.807) is 30.3 Å². The van der Waals surface area contributed by atoms with Crippen molar-refractivity contribution in [1.29, 1.82) is 0 Å². The Morgan fingerprint density at radius 1 is 0.950 bits per heavy atom. The number of hydrogen-bond acceptors (Lipinski definition) is 4. The van der Waals surface area contributed by atoms with Gasteiger partial charge in [0.15, 0.2) is 0 Å². The summed E-state index contributed by atoms with van der Waals surface area (Å²) in [5, 5.41) is 29.2. The predicted molar refractivity (Wildman–Crippen MR) is 79.1 cm³/mol. The third kappa shape index (κ3) is 2.86. The van der Waals surface area contributed by atoms with Gasteiger partial charge in [0.2, 0.25) is 0 Å². The molecule has 4 nitrogen and oxygen atoms in total. The number of benzene rings is 2. The molecule has 0 fully saturated rings. The second-order valence-electron chi connectivity index (χ2n) is 4.64. The molecule has 0 bridgehead atoms. The molecular weight excluding hydrogens is 254 g/mol. The van der Waals surface area contributed by atoms with Crippen LogP contribution in [0.4, 0.5) is 5.69 Å². The molecule has 4 heteroatoms. The number of phenols is 2. The normalized spacial score (nSPS) is 12.1. The summed E-state index contributed by atoms with van der Waals surface area (Å²) in [6, 6.07) is 13.9. The number of aliphatic hydroxyl groups excluding tert-OH is 1.